The first-order valence-corrected chi connectivity index (χ1v) is 10.2. The predicted octanol–water partition coefficient (Wildman–Crippen LogP) is 2.77. The van der Waals surface area contributed by atoms with Crippen LogP contribution in [-0.2, 0) is 19.6 Å². The van der Waals surface area contributed by atoms with Crippen molar-refractivity contribution in [3.8, 4) is 0 Å². The van der Waals surface area contributed by atoms with Crippen molar-refractivity contribution < 1.29 is 18.0 Å². The van der Waals surface area contributed by atoms with Gasteiger partial charge in [0.25, 0.3) is 0 Å². The predicted molar refractivity (Wildman–Crippen MR) is 106 cm³/mol. The number of amides is 2. The summed E-state index contributed by atoms with van der Waals surface area (Å²) in [5, 5.41) is 5.47. The standard InChI is InChI=1S/C18H18ClN3O4S/c1-12-15(19)7-3-8-16(12)21-18(24)17(23)20-13-5-2-6-14(11-13)22-9-4-10-27(22,25)26/h2-3,5-8,11H,4,9-10H2,1H3,(H,20,23)(H,21,24). The Morgan fingerprint density at radius 2 is 1.78 bits per heavy atom. The minimum atomic E-state index is -3.32. The normalized spacial score (nSPS) is 15.4. The summed E-state index contributed by atoms with van der Waals surface area (Å²) in [4.78, 5) is 24.3. The zero-order valence-electron chi connectivity index (χ0n) is 14.5. The molecule has 27 heavy (non-hydrogen) atoms. The van der Waals surface area contributed by atoms with E-state index < -0.39 is 21.8 Å². The number of nitrogens with zero attached hydrogens (tertiary/aromatic N) is 1. The van der Waals surface area contributed by atoms with Crippen molar-refractivity contribution in [1.29, 1.82) is 0 Å². The summed E-state index contributed by atoms with van der Waals surface area (Å²) in [6, 6.07) is 11.4. The van der Waals surface area contributed by atoms with Crippen LogP contribution in [0.4, 0.5) is 17.1 Å². The van der Waals surface area contributed by atoms with Crippen molar-refractivity contribution in [2.75, 3.05) is 27.2 Å². The number of sulfonamides is 1. The van der Waals surface area contributed by atoms with Crippen LogP contribution in [0.1, 0.15) is 12.0 Å². The second-order valence-electron chi connectivity index (χ2n) is 6.11. The van der Waals surface area contributed by atoms with Gasteiger partial charge in [0.1, 0.15) is 0 Å². The summed E-state index contributed by atoms with van der Waals surface area (Å²) < 4.78 is 25.4. The number of hydrogen-bond acceptors (Lipinski definition) is 4. The minimum Gasteiger partial charge on any atom is -0.318 e. The van der Waals surface area contributed by atoms with Crippen LogP contribution >= 0.6 is 11.6 Å². The summed E-state index contributed by atoms with van der Waals surface area (Å²) >= 11 is 6.00. The smallest absolute Gasteiger partial charge is 0.314 e. The minimum absolute atomic E-state index is 0.102. The topological polar surface area (TPSA) is 95.6 Å². The second-order valence-corrected chi connectivity index (χ2v) is 8.53. The molecule has 9 heteroatoms. The number of anilines is 3. The quantitative estimate of drug-likeness (QED) is 0.764. The van der Waals surface area contributed by atoms with Gasteiger partial charge in [-0.2, -0.15) is 0 Å². The lowest BCUT2D eigenvalue weighted by Crippen LogP contribution is -2.29. The first kappa shape index (κ1) is 19.2. The number of benzene rings is 2. The molecule has 1 aliphatic rings. The Bertz CT molecular complexity index is 1010. The van der Waals surface area contributed by atoms with Crippen molar-refractivity contribution in [3.05, 3.63) is 53.1 Å². The molecule has 7 nitrogen and oxygen atoms in total. The molecule has 1 aliphatic heterocycles. The fourth-order valence-electron chi connectivity index (χ4n) is 2.78. The first-order chi connectivity index (χ1) is 12.8. The molecular weight excluding hydrogens is 390 g/mol. The van der Waals surface area contributed by atoms with E-state index in [1.807, 2.05) is 0 Å². The van der Waals surface area contributed by atoms with E-state index in [0.717, 1.165) is 0 Å². The van der Waals surface area contributed by atoms with E-state index in [-0.39, 0.29) is 5.75 Å². The summed E-state index contributed by atoms with van der Waals surface area (Å²) in [7, 11) is -3.32. The van der Waals surface area contributed by atoms with Crippen LogP contribution in [0.3, 0.4) is 0 Å². The van der Waals surface area contributed by atoms with E-state index in [4.69, 9.17) is 11.6 Å². The van der Waals surface area contributed by atoms with E-state index >= 15 is 0 Å². The Balaban J connectivity index is 1.71. The van der Waals surface area contributed by atoms with Gasteiger partial charge in [-0.25, -0.2) is 8.42 Å². The Morgan fingerprint density at radius 3 is 2.48 bits per heavy atom. The van der Waals surface area contributed by atoms with Gasteiger partial charge in [0.2, 0.25) is 10.0 Å². The highest BCUT2D eigenvalue weighted by Gasteiger charge is 2.28. The lowest BCUT2D eigenvalue weighted by Gasteiger charge is -2.17. The van der Waals surface area contributed by atoms with Crippen molar-refractivity contribution >= 4 is 50.5 Å². The fourth-order valence-corrected chi connectivity index (χ4v) is 4.51. The molecule has 3 rings (SSSR count). The maximum Gasteiger partial charge on any atom is 0.314 e. The summed E-state index contributed by atoms with van der Waals surface area (Å²) in [6.07, 6.45) is 0.556. The van der Waals surface area contributed by atoms with Crippen LogP contribution in [0.25, 0.3) is 0 Å². The van der Waals surface area contributed by atoms with E-state index in [1.165, 1.54) is 10.4 Å². The lowest BCUT2D eigenvalue weighted by atomic mass is 10.2. The molecule has 0 bridgehead atoms. The number of rotatable bonds is 3. The molecule has 1 heterocycles. The van der Waals surface area contributed by atoms with Gasteiger partial charge in [-0.1, -0.05) is 23.7 Å². The molecule has 0 atom stereocenters. The maximum atomic E-state index is 12.2. The van der Waals surface area contributed by atoms with E-state index in [2.05, 4.69) is 10.6 Å². The van der Waals surface area contributed by atoms with Crippen LogP contribution in [0.2, 0.25) is 5.02 Å². The van der Waals surface area contributed by atoms with Gasteiger partial charge in [-0.15, -0.1) is 0 Å². The van der Waals surface area contributed by atoms with Crippen LogP contribution < -0.4 is 14.9 Å². The highest BCUT2D eigenvalue weighted by molar-refractivity contribution is 7.93. The molecule has 2 aromatic rings. The lowest BCUT2D eigenvalue weighted by molar-refractivity contribution is -0.133. The average Bonchev–Trinajstić information content (AvgIpc) is 2.98. The third kappa shape index (κ3) is 4.23. The van der Waals surface area contributed by atoms with E-state index in [0.29, 0.717) is 40.6 Å². The Morgan fingerprint density at radius 1 is 1.07 bits per heavy atom. The van der Waals surface area contributed by atoms with Crippen LogP contribution in [0.15, 0.2) is 42.5 Å². The average molecular weight is 408 g/mol. The van der Waals surface area contributed by atoms with Crippen LogP contribution in [0.5, 0.6) is 0 Å². The molecule has 1 fully saturated rings. The molecule has 2 amide bonds. The van der Waals surface area contributed by atoms with Gasteiger partial charge in [0, 0.05) is 22.9 Å². The highest BCUT2D eigenvalue weighted by atomic mass is 35.5. The first-order valence-electron chi connectivity index (χ1n) is 8.26. The number of halogens is 1. The van der Waals surface area contributed by atoms with Gasteiger partial charge >= 0.3 is 11.8 Å². The summed E-state index contributed by atoms with van der Waals surface area (Å²) in [5.41, 5.74) is 1.88. The molecule has 0 aliphatic carbocycles. The molecule has 0 radical (unpaired) electrons. The molecule has 2 aromatic carbocycles. The van der Waals surface area contributed by atoms with Crippen molar-refractivity contribution in [2.45, 2.75) is 13.3 Å². The van der Waals surface area contributed by atoms with Gasteiger partial charge in [0.05, 0.1) is 11.4 Å². The molecule has 0 saturated carbocycles. The van der Waals surface area contributed by atoms with E-state index in [9.17, 15) is 18.0 Å². The molecule has 0 aromatic heterocycles. The zero-order chi connectivity index (χ0) is 19.6. The van der Waals surface area contributed by atoms with Gasteiger partial charge in [-0.05, 0) is 49.2 Å². The third-order valence-corrected chi connectivity index (χ3v) is 6.49. The molecule has 0 spiro atoms. The molecule has 142 valence electrons. The Hall–Kier alpha value is -2.58. The number of nitrogens with one attached hydrogen (secondary N) is 2. The molecule has 1 saturated heterocycles. The summed E-state index contributed by atoms with van der Waals surface area (Å²) in [5.74, 6) is -1.61. The van der Waals surface area contributed by atoms with Crippen molar-refractivity contribution in [3.63, 3.8) is 0 Å². The van der Waals surface area contributed by atoms with Crippen LogP contribution in [0, 0.1) is 6.92 Å². The molecular formula is C18H18ClN3O4S. The highest BCUT2D eigenvalue weighted by Crippen LogP contribution is 2.26. The van der Waals surface area contributed by atoms with Crippen molar-refractivity contribution in [2.24, 2.45) is 0 Å². The number of carbonyl (C=O) groups excluding carboxylic acids is 2. The Labute approximate surface area is 162 Å². The number of carbonyl (C=O) groups is 2. The number of hydrogen-bond donors (Lipinski definition) is 2. The molecule has 2 N–H and O–H groups in total. The molecule has 0 unspecified atom stereocenters. The monoisotopic (exact) mass is 407 g/mol. The summed E-state index contributed by atoms with van der Waals surface area (Å²) in [6.45, 7) is 2.13. The maximum absolute atomic E-state index is 12.2. The van der Waals surface area contributed by atoms with Crippen molar-refractivity contribution in [1.82, 2.24) is 0 Å². The Kier molecular flexibility index (Phi) is 5.38. The SMILES string of the molecule is Cc1c(Cl)cccc1NC(=O)C(=O)Nc1cccc(N2CCCS2(=O)=O)c1. The van der Waals surface area contributed by atoms with Crippen LogP contribution in [-0.4, -0.2) is 32.5 Å². The van der Waals surface area contributed by atoms with Gasteiger partial charge < -0.3 is 10.6 Å². The van der Waals surface area contributed by atoms with E-state index in [1.54, 1.807) is 43.3 Å². The van der Waals surface area contributed by atoms with Gasteiger partial charge in [0.15, 0.2) is 0 Å². The zero-order valence-corrected chi connectivity index (χ0v) is 16.1. The van der Waals surface area contributed by atoms with Gasteiger partial charge in [-0.3, -0.25) is 13.9 Å². The largest absolute Gasteiger partial charge is 0.318 e. The fraction of sp³-hybridized carbons (Fsp3) is 0.222. The second kappa shape index (κ2) is 7.58. The third-order valence-electron chi connectivity index (χ3n) is 4.21.